The lowest BCUT2D eigenvalue weighted by atomic mass is 10.0. The first-order chi connectivity index (χ1) is 14.5. The molecule has 156 valence electrons. The fraction of sp³-hybridized carbons (Fsp3) is 0.375. The maximum atomic E-state index is 13.1. The van der Waals surface area contributed by atoms with E-state index in [0.29, 0.717) is 28.0 Å². The lowest BCUT2D eigenvalue weighted by Crippen LogP contribution is -2.24. The Morgan fingerprint density at radius 3 is 2.73 bits per heavy atom. The predicted octanol–water partition coefficient (Wildman–Crippen LogP) is 5.15. The molecule has 1 aromatic heterocycles. The number of halogens is 1. The highest BCUT2D eigenvalue weighted by Crippen LogP contribution is 2.30. The summed E-state index contributed by atoms with van der Waals surface area (Å²) in [6, 6.07) is 8.98. The second-order valence-electron chi connectivity index (χ2n) is 7.75. The number of hydrogen-bond donors (Lipinski definition) is 1. The molecule has 2 heterocycles. The van der Waals surface area contributed by atoms with Crippen LogP contribution in [0.4, 0.5) is 5.69 Å². The molecule has 4 rings (SSSR count). The van der Waals surface area contributed by atoms with Crippen LogP contribution >= 0.6 is 11.6 Å². The number of benzene rings is 2. The number of aryl methyl sites for hydroxylation is 2. The van der Waals surface area contributed by atoms with Crippen molar-refractivity contribution in [1.29, 1.82) is 0 Å². The number of nitrogens with one attached hydrogen (secondary N) is 1. The molecule has 30 heavy (non-hydrogen) atoms. The summed E-state index contributed by atoms with van der Waals surface area (Å²) in [4.78, 5) is 30.7. The van der Waals surface area contributed by atoms with Crippen LogP contribution < -0.4 is 10.9 Å². The summed E-state index contributed by atoms with van der Waals surface area (Å²) >= 11 is 6.37. The summed E-state index contributed by atoms with van der Waals surface area (Å²) in [5, 5.41) is 4.27. The van der Waals surface area contributed by atoms with E-state index in [1.54, 1.807) is 22.8 Å². The van der Waals surface area contributed by atoms with Gasteiger partial charge in [-0.1, -0.05) is 37.9 Å². The number of fused-ring (bicyclic) bond motifs is 2. The fourth-order valence-corrected chi connectivity index (χ4v) is 4.50. The summed E-state index contributed by atoms with van der Waals surface area (Å²) in [6.45, 7) is 4.79. The number of aromatic nitrogens is 2. The van der Waals surface area contributed by atoms with Gasteiger partial charge in [0, 0.05) is 29.2 Å². The smallest absolute Gasteiger partial charge is 0.261 e. The molecule has 2 aromatic carbocycles. The van der Waals surface area contributed by atoms with E-state index < -0.39 is 0 Å². The van der Waals surface area contributed by atoms with Crippen molar-refractivity contribution in [3.05, 3.63) is 68.2 Å². The number of rotatable bonds is 4. The van der Waals surface area contributed by atoms with Crippen molar-refractivity contribution in [2.45, 2.75) is 58.9 Å². The molecule has 1 amide bonds. The highest BCUT2D eigenvalue weighted by molar-refractivity contribution is 6.32. The average Bonchev–Trinajstić information content (AvgIpc) is 2.99. The first kappa shape index (κ1) is 20.6. The van der Waals surface area contributed by atoms with E-state index in [1.165, 1.54) is 0 Å². The van der Waals surface area contributed by atoms with Crippen LogP contribution in [0.25, 0.3) is 10.9 Å². The van der Waals surface area contributed by atoms with Gasteiger partial charge >= 0.3 is 0 Å². The first-order valence-electron chi connectivity index (χ1n) is 10.7. The second kappa shape index (κ2) is 8.60. The van der Waals surface area contributed by atoms with Crippen LogP contribution in [0.3, 0.4) is 0 Å². The number of nitrogens with zero attached hydrogens (tertiary/aromatic N) is 2. The third-order valence-electron chi connectivity index (χ3n) is 5.89. The Kier molecular flexibility index (Phi) is 5.91. The van der Waals surface area contributed by atoms with Crippen LogP contribution in [0.1, 0.15) is 60.4 Å². The molecular formula is C24H26ClN3O2. The van der Waals surface area contributed by atoms with Crippen LogP contribution in [-0.2, 0) is 25.8 Å². The van der Waals surface area contributed by atoms with Gasteiger partial charge in [0.1, 0.15) is 5.82 Å². The molecule has 5 nitrogen and oxygen atoms in total. The van der Waals surface area contributed by atoms with Crippen molar-refractivity contribution in [1.82, 2.24) is 9.55 Å². The molecular weight excluding hydrogens is 398 g/mol. The van der Waals surface area contributed by atoms with E-state index in [2.05, 4.69) is 12.2 Å². The maximum Gasteiger partial charge on any atom is 0.261 e. The van der Waals surface area contributed by atoms with Gasteiger partial charge in [0.2, 0.25) is 0 Å². The number of carbonyl (C=O) groups excluding carboxylic acids is 1. The fourth-order valence-electron chi connectivity index (χ4n) is 4.21. The Hall–Kier alpha value is -2.66. The molecule has 0 radical (unpaired) electrons. The molecule has 1 N–H and O–H groups in total. The summed E-state index contributed by atoms with van der Waals surface area (Å²) in [5.74, 6) is 0.597. The number of hydrogen-bond acceptors (Lipinski definition) is 3. The molecule has 3 aromatic rings. The Morgan fingerprint density at radius 1 is 1.13 bits per heavy atom. The zero-order valence-corrected chi connectivity index (χ0v) is 18.2. The van der Waals surface area contributed by atoms with Crippen LogP contribution in [0.5, 0.6) is 0 Å². The van der Waals surface area contributed by atoms with E-state index in [-0.39, 0.29) is 11.5 Å². The van der Waals surface area contributed by atoms with E-state index >= 15 is 0 Å². The van der Waals surface area contributed by atoms with Crippen LogP contribution in [-0.4, -0.2) is 15.5 Å². The topological polar surface area (TPSA) is 64.0 Å². The molecule has 0 saturated heterocycles. The Labute approximate surface area is 181 Å². The quantitative estimate of drug-likeness (QED) is 0.630. The Balaban J connectivity index is 1.73. The predicted molar refractivity (Wildman–Crippen MR) is 122 cm³/mol. The molecule has 1 aliphatic heterocycles. The highest BCUT2D eigenvalue weighted by Gasteiger charge is 2.17. The lowest BCUT2D eigenvalue weighted by Gasteiger charge is -2.16. The molecule has 6 heteroatoms. The van der Waals surface area contributed by atoms with E-state index in [9.17, 15) is 9.59 Å². The normalized spacial score (nSPS) is 13.7. The van der Waals surface area contributed by atoms with Crippen molar-refractivity contribution in [2.75, 3.05) is 5.32 Å². The van der Waals surface area contributed by atoms with Crippen molar-refractivity contribution >= 4 is 34.1 Å². The molecule has 0 unspecified atom stereocenters. The van der Waals surface area contributed by atoms with Crippen LogP contribution in [0, 0.1) is 0 Å². The standard InChI is InChI=1S/C24H26ClN3O2/c1-3-15-10-12-19(25)17(4-2)22(15)27-23(29)16-9-11-18-20(14-16)26-21-8-6-5-7-13-28(21)24(18)30/h9-12,14H,3-8,13H2,1-2H3,(H,27,29). The maximum absolute atomic E-state index is 13.1. The molecule has 0 bridgehead atoms. The molecule has 0 aliphatic carbocycles. The third kappa shape index (κ3) is 3.74. The van der Waals surface area contributed by atoms with Crippen molar-refractivity contribution in [3.63, 3.8) is 0 Å². The summed E-state index contributed by atoms with van der Waals surface area (Å²) in [5.41, 5.74) is 3.82. The summed E-state index contributed by atoms with van der Waals surface area (Å²) in [6.07, 6.45) is 5.45. The minimum absolute atomic E-state index is 0.0137. The number of anilines is 1. The van der Waals surface area contributed by atoms with Crippen molar-refractivity contribution in [2.24, 2.45) is 0 Å². The van der Waals surface area contributed by atoms with Crippen LogP contribution in [0.15, 0.2) is 35.1 Å². The Bertz CT molecular complexity index is 1180. The third-order valence-corrected chi connectivity index (χ3v) is 6.25. The van der Waals surface area contributed by atoms with Gasteiger partial charge in [-0.25, -0.2) is 4.98 Å². The summed E-state index contributed by atoms with van der Waals surface area (Å²) < 4.78 is 1.79. The van der Waals surface area contributed by atoms with Gasteiger partial charge in [0.05, 0.1) is 10.9 Å². The monoisotopic (exact) mass is 423 g/mol. The highest BCUT2D eigenvalue weighted by atomic mass is 35.5. The average molecular weight is 424 g/mol. The SMILES string of the molecule is CCc1ccc(Cl)c(CC)c1NC(=O)c1ccc2c(=O)n3c(nc2c1)CCCCC3. The molecule has 0 saturated carbocycles. The van der Waals surface area contributed by atoms with E-state index in [0.717, 1.165) is 61.2 Å². The summed E-state index contributed by atoms with van der Waals surface area (Å²) in [7, 11) is 0. The Morgan fingerprint density at radius 2 is 1.97 bits per heavy atom. The minimum atomic E-state index is -0.222. The minimum Gasteiger partial charge on any atom is -0.321 e. The zero-order chi connectivity index (χ0) is 21.3. The lowest BCUT2D eigenvalue weighted by molar-refractivity contribution is 0.102. The van der Waals surface area contributed by atoms with Gasteiger partial charge in [-0.15, -0.1) is 0 Å². The molecule has 0 fully saturated rings. The molecule has 1 aliphatic rings. The van der Waals surface area contributed by atoms with Gasteiger partial charge in [-0.3, -0.25) is 14.2 Å². The molecule has 0 atom stereocenters. The van der Waals surface area contributed by atoms with Gasteiger partial charge in [-0.2, -0.15) is 0 Å². The zero-order valence-electron chi connectivity index (χ0n) is 17.4. The van der Waals surface area contributed by atoms with Crippen LogP contribution in [0.2, 0.25) is 5.02 Å². The van der Waals surface area contributed by atoms with Gasteiger partial charge in [0.25, 0.3) is 11.5 Å². The van der Waals surface area contributed by atoms with Gasteiger partial charge in [0.15, 0.2) is 0 Å². The number of carbonyl (C=O) groups is 1. The second-order valence-corrected chi connectivity index (χ2v) is 8.16. The first-order valence-corrected chi connectivity index (χ1v) is 11.1. The van der Waals surface area contributed by atoms with Gasteiger partial charge < -0.3 is 5.32 Å². The number of amides is 1. The van der Waals surface area contributed by atoms with E-state index in [1.807, 2.05) is 19.1 Å². The van der Waals surface area contributed by atoms with Gasteiger partial charge in [-0.05, 0) is 61.1 Å². The molecule has 0 spiro atoms. The van der Waals surface area contributed by atoms with E-state index in [4.69, 9.17) is 16.6 Å². The van der Waals surface area contributed by atoms with Crippen molar-refractivity contribution in [3.8, 4) is 0 Å². The largest absolute Gasteiger partial charge is 0.321 e. The van der Waals surface area contributed by atoms with Crippen molar-refractivity contribution < 1.29 is 4.79 Å².